The highest BCUT2D eigenvalue weighted by molar-refractivity contribution is 5.95. The van der Waals surface area contributed by atoms with Crippen LogP contribution in [-0.2, 0) is 16.1 Å². The number of benzene rings is 2. The van der Waals surface area contributed by atoms with E-state index in [0.717, 1.165) is 17.7 Å². The summed E-state index contributed by atoms with van der Waals surface area (Å²) < 4.78 is 44.4. The molecule has 27 heavy (non-hydrogen) atoms. The van der Waals surface area contributed by atoms with Crippen molar-refractivity contribution in [3.63, 3.8) is 0 Å². The number of ether oxygens (including phenoxy) is 3. The van der Waals surface area contributed by atoms with E-state index in [4.69, 9.17) is 14.2 Å². The van der Waals surface area contributed by atoms with E-state index in [9.17, 15) is 13.6 Å². The first kappa shape index (κ1) is 19.3. The van der Waals surface area contributed by atoms with Gasteiger partial charge in [0.25, 0.3) is 5.91 Å². The van der Waals surface area contributed by atoms with Crippen LogP contribution in [0.5, 0.6) is 5.75 Å². The first-order valence-corrected chi connectivity index (χ1v) is 8.65. The molecule has 1 heterocycles. The number of halogens is 2. The lowest BCUT2D eigenvalue weighted by atomic mass is 10.1. The van der Waals surface area contributed by atoms with Crippen LogP contribution in [0.4, 0.5) is 8.78 Å². The maximum atomic E-state index is 14.1. The maximum absolute atomic E-state index is 14.1. The van der Waals surface area contributed by atoms with Gasteiger partial charge in [-0.15, -0.1) is 0 Å². The summed E-state index contributed by atoms with van der Waals surface area (Å²) in [6.45, 7) is 1.09. The molecule has 2 aromatic carbocycles. The van der Waals surface area contributed by atoms with Gasteiger partial charge in [0.05, 0.1) is 32.5 Å². The van der Waals surface area contributed by atoms with Gasteiger partial charge in [-0.25, -0.2) is 8.78 Å². The van der Waals surface area contributed by atoms with Crippen molar-refractivity contribution in [3.05, 3.63) is 65.2 Å². The smallest absolute Gasteiger partial charge is 0.257 e. The molecule has 1 fully saturated rings. The second kappa shape index (κ2) is 8.92. The SMILES string of the molecule is COc1cc(F)c(C(=O)N[C@@H]2COCC[C@@H]2OCc2ccccc2)c(F)c1. The zero-order chi connectivity index (χ0) is 19.2. The fraction of sp³-hybridized carbons (Fsp3) is 0.350. The molecule has 0 saturated carbocycles. The van der Waals surface area contributed by atoms with E-state index < -0.39 is 29.1 Å². The molecule has 144 valence electrons. The van der Waals surface area contributed by atoms with Crippen LogP contribution < -0.4 is 10.1 Å². The molecule has 1 aliphatic rings. The molecule has 1 saturated heterocycles. The van der Waals surface area contributed by atoms with E-state index >= 15 is 0 Å². The van der Waals surface area contributed by atoms with E-state index in [1.165, 1.54) is 7.11 Å². The Morgan fingerprint density at radius 2 is 1.93 bits per heavy atom. The standard InChI is InChI=1S/C20H21F2NO4/c1-25-14-9-15(21)19(16(22)10-14)20(24)23-17-12-26-8-7-18(17)27-11-13-5-3-2-4-6-13/h2-6,9-10,17-18H,7-8,11-12H2,1H3,(H,23,24)/t17-,18+/m1/s1. The molecule has 0 spiro atoms. The van der Waals surface area contributed by atoms with Crippen LogP contribution in [0.1, 0.15) is 22.3 Å². The largest absolute Gasteiger partial charge is 0.497 e. The fourth-order valence-electron chi connectivity index (χ4n) is 2.96. The summed E-state index contributed by atoms with van der Waals surface area (Å²) >= 11 is 0. The van der Waals surface area contributed by atoms with Crippen molar-refractivity contribution in [1.82, 2.24) is 5.32 Å². The summed E-state index contributed by atoms with van der Waals surface area (Å²) in [5, 5.41) is 2.63. The third-order valence-corrected chi connectivity index (χ3v) is 4.39. The van der Waals surface area contributed by atoms with E-state index in [1.807, 2.05) is 30.3 Å². The van der Waals surface area contributed by atoms with Gasteiger partial charge in [-0.2, -0.15) is 0 Å². The topological polar surface area (TPSA) is 56.8 Å². The molecule has 7 heteroatoms. The predicted octanol–water partition coefficient (Wildman–Crippen LogP) is 3.08. The monoisotopic (exact) mass is 377 g/mol. The fourth-order valence-corrected chi connectivity index (χ4v) is 2.96. The Kier molecular flexibility index (Phi) is 6.36. The van der Waals surface area contributed by atoms with Gasteiger partial charge in [-0.1, -0.05) is 30.3 Å². The highest BCUT2D eigenvalue weighted by Gasteiger charge is 2.30. The summed E-state index contributed by atoms with van der Waals surface area (Å²) in [6, 6.07) is 11.1. The Hall–Kier alpha value is -2.51. The van der Waals surface area contributed by atoms with Crippen LogP contribution in [0, 0.1) is 11.6 Å². The van der Waals surface area contributed by atoms with Crippen LogP contribution in [0.3, 0.4) is 0 Å². The van der Waals surface area contributed by atoms with Crippen molar-refractivity contribution in [3.8, 4) is 5.75 Å². The molecule has 2 aromatic rings. The van der Waals surface area contributed by atoms with Crippen LogP contribution in [0.2, 0.25) is 0 Å². The van der Waals surface area contributed by atoms with Gasteiger partial charge in [-0.3, -0.25) is 4.79 Å². The van der Waals surface area contributed by atoms with E-state index in [-0.39, 0.29) is 18.5 Å². The molecule has 0 bridgehead atoms. The molecule has 0 radical (unpaired) electrons. The minimum atomic E-state index is -0.983. The zero-order valence-electron chi connectivity index (χ0n) is 14.9. The first-order chi connectivity index (χ1) is 13.1. The highest BCUT2D eigenvalue weighted by Crippen LogP contribution is 2.21. The van der Waals surface area contributed by atoms with Crippen LogP contribution in [-0.4, -0.2) is 38.4 Å². The lowest BCUT2D eigenvalue weighted by molar-refractivity contribution is -0.0605. The zero-order valence-corrected chi connectivity index (χ0v) is 14.9. The third kappa shape index (κ3) is 4.81. The van der Waals surface area contributed by atoms with Crippen LogP contribution >= 0.6 is 0 Å². The molecule has 3 rings (SSSR count). The molecule has 1 N–H and O–H groups in total. The van der Waals surface area contributed by atoms with Crippen molar-refractivity contribution < 1.29 is 27.8 Å². The number of nitrogens with one attached hydrogen (secondary N) is 1. The third-order valence-electron chi connectivity index (χ3n) is 4.39. The molecule has 0 aliphatic carbocycles. The second-order valence-corrected chi connectivity index (χ2v) is 6.24. The van der Waals surface area contributed by atoms with Gasteiger partial charge in [-0.05, 0) is 12.0 Å². The highest BCUT2D eigenvalue weighted by atomic mass is 19.1. The molecule has 5 nitrogen and oxygen atoms in total. The number of hydrogen-bond donors (Lipinski definition) is 1. The maximum Gasteiger partial charge on any atom is 0.257 e. The molecule has 0 unspecified atom stereocenters. The van der Waals surface area contributed by atoms with Gasteiger partial charge in [0.15, 0.2) is 0 Å². The molecular weight excluding hydrogens is 356 g/mol. The quantitative estimate of drug-likeness (QED) is 0.841. The molecule has 1 aliphatic heterocycles. The summed E-state index contributed by atoms with van der Waals surface area (Å²) in [6.07, 6.45) is 0.262. The minimum Gasteiger partial charge on any atom is -0.497 e. The molecule has 0 aromatic heterocycles. The van der Waals surface area contributed by atoms with E-state index in [2.05, 4.69) is 5.32 Å². The van der Waals surface area contributed by atoms with Crippen molar-refractivity contribution in [1.29, 1.82) is 0 Å². The summed E-state index contributed by atoms with van der Waals surface area (Å²) in [4.78, 5) is 12.4. The predicted molar refractivity (Wildman–Crippen MR) is 94.6 cm³/mol. The van der Waals surface area contributed by atoms with Crippen LogP contribution in [0.15, 0.2) is 42.5 Å². The summed E-state index contributed by atoms with van der Waals surface area (Å²) in [5.41, 5.74) is 0.351. The Labute approximate surface area is 156 Å². The lowest BCUT2D eigenvalue weighted by Gasteiger charge is -2.32. The molecular formula is C20H21F2NO4. The van der Waals surface area contributed by atoms with Gasteiger partial charge in [0, 0.05) is 18.7 Å². The summed E-state index contributed by atoms with van der Waals surface area (Å²) in [7, 11) is 1.29. The molecule has 1 amide bonds. The number of carbonyl (C=O) groups excluding carboxylic acids is 1. The van der Waals surface area contributed by atoms with Crippen molar-refractivity contribution >= 4 is 5.91 Å². The lowest BCUT2D eigenvalue weighted by Crippen LogP contribution is -2.50. The van der Waals surface area contributed by atoms with Gasteiger partial charge in [0.1, 0.15) is 22.9 Å². The van der Waals surface area contributed by atoms with E-state index in [0.29, 0.717) is 19.6 Å². The van der Waals surface area contributed by atoms with Gasteiger partial charge < -0.3 is 19.5 Å². The number of methoxy groups -OCH3 is 1. The Balaban J connectivity index is 1.68. The van der Waals surface area contributed by atoms with Gasteiger partial charge >= 0.3 is 0 Å². The second-order valence-electron chi connectivity index (χ2n) is 6.24. The first-order valence-electron chi connectivity index (χ1n) is 8.65. The van der Waals surface area contributed by atoms with Gasteiger partial charge in [0.2, 0.25) is 0 Å². The minimum absolute atomic E-state index is 0.00613. The van der Waals surface area contributed by atoms with Crippen LogP contribution in [0.25, 0.3) is 0 Å². The van der Waals surface area contributed by atoms with Crippen molar-refractivity contribution in [2.45, 2.75) is 25.2 Å². The average molecular weight is 377 g/mol. The number of rotatable bonds is 6. The Morgan fingerprint density at radius 3 is 2.59 bits per heavy atom. The number of carbonyl (C=O) groups is 1. The number of hydrogen-bond acceptors (Lipinski definition) is 4. The van der Waals surface area contributed by atoms with Crippen molar-refractivity contribution in [2.24, 2.45) is 0 Å². The van der Waals surface area contributed by atoms with Crippen molar-refractivity contribution in [2.75, 3.05) is 20.3 Å². The molecule has 2 atom stereocenters. The number of amides is 1. The Morgan fingerprint density at radius 1 is 1.22 bits per heavy atom. The Bertz CT molecular complexity index is 762. The summed E-state index contributed by atoms with van der Waals surface area (Å²) in [5.74, 6) is -2.81. The van der Waals surface area contributed by atoms with E-state index in [1.54, 1.807) is 0 Å². The normalized spacial score (nSPS) is 19.5. The average Bonchev–Trinajstić information content (AvgIpc) is 2.67.